The van der Waals surface area contributed by atoms with Gasteiger partial charge in [-0.1, -0.05) is 146 Å². The van der Waals surface area contributed by atoms with Crippen LogP contribution in [0, 0.1) is 0 Å². The molecule has 0 bridgehead atoms. The minimum Gasteiger partial charge on any atom is -0.309 e. The number of nitrogens with zero attached hydrogens (tertiary/aromatic N) is 4. The van der Waals surface area contributed by atoms with Crippen LogP contribution < -0.4 is 0 Å². The first-order chi connectivity index (χ1) is 25.3. The van der Waals surface area contributed by atoms with Crippen LogP contribution in [0.3, 0.4) is 0 Å². The fraction of sp³-hybridized carbons (Fsp3) is 0. The quantitative estimate of drug-likeness (QED) is 0.186. The van der Waals surface area contributed by atoms with Crippen LogP contribution in [0.4, 0.5) is 0 Å². The zero-order chi connectivity index (χ0) is 33.7. The van der Waals surface area contributed by atoms with Gasteiger partial charge in [0.25, 0.3) is 0 Å². The third-order valence-corrected chi connectivity index (χ3v) is 9.81. The largest absolute Gasteiger partial charge is 0.309 e. The second-order valence-corrected chi connectivity index (χ2v) is 12.9. The van der Waals surface area contributed by atoms with E-state index in [2.05, 4.69) is 168 Å². The molecule has 238 valence electrons. The molecule has 10 rings (SSSR count). The standard InChI is InChI=1S/C47H30N4/c1-3-13-32(14-4-1)45-48-46(36-25-23-33-28-35(24-22-34(33)29-36)40-20-11-15-31-12-7-8-18-39(31)40)50-47(49-45)37-26-27-42-41-19-9-10-21-43(41)51(44(42)30-37)38-16-5-2-6-17-38/h1-30H. The third-order valence-electron chi connectivity index (χ3n) is 9.81. The molecule has 2 heterocycles. The first kappa shape index (κ1) is 29.0. The molecule has 8 aromatic carbocycles. The maximum atomic E-state index is 5.14. The van der Waals surface area contributed by atoms with Crippen LogP contribution in [-0.4, -0.2) is 19.5 Å². The van der Waals surface area contributed by atoms with Gasteiger partial charge in [0.1, 0.15) is 0 Å². The van der Waals surface area contributed by atoms with E-state index in [1.165, 1.54) is 38.1 Å². The lowest BCUT2D eigenvalue weighted by Crippen LogP contribution is -2.00. The number of benzene rings is 8. The van der Waals surface area contributed by atoms with Crippen molar-refractivity contribution in [3.8, 4) is 51.0 Å². The Morgan fingerprint density at radius 2 is 0.863 bits per heavy atom. The van der Waals surface area contributed by atoms with Crippen molar-refractivity contribution in [2.45, 2.75) is 0 Å². The molecule has 2 aromatic heterocycles. The zero-order valence-electron chi connectivity index (χ0n) is 27.6. The van der Waals surface area contributed by atoms with Crippen molar-refractivity contribution in [1.82, 2.24) is 19.5 Å². The highest BCUT2D eigenvalue weighted by atomic mass is 15.0. The second-order valence-electron chi connectivity index (χ2n) is 12.9. The molecule has 0 atom stereocenters. The minimum absolute atomic E-state index is 0.636. The van der Waals surface area contributed by atoms with Crippen molar-refractivity contribution in [2.24, 2.45) is 0 Å². The first-order valence-electron chi connectivity index (χ1n) is 17.2. The van der Waals surface area contributed by atoms with Gasteiger partial charge in [0.2, 0.25) is 0 Å². The van der Waals surface area contributed by atoms with Crippen LogP contribution in [0.15, 0.2) is 182 Å². The lowest BCUT2D eigenvalue weighted by Gasteiger charge is -2.11. The Labute approximate surface area is 295 Å². The molecule has 4 heteroatoms. The van der Waals surface area contributed by atoms with Gasteiger partial charge in [-0.15, -0.1) is 0 Å². The number of fused-ring (bicyclic) bond motifs is 5. The molecule has 0 radical (unpaired) electrons. The normalized spacial score (nSPS) is 11.5. The second kappa shape index (κ2) is 11.9. The average Bonchev–Trinajstić information content (AvgIpc) is 3.54. The van der Waals surface area contributed by atoms with Gasteiger partial charge in [0, 0.05) is 33.2 Å². The summed E-state index contributed by atoms with van der Waals surface area (Å²) >= 11 is 0. The van der Waals surface area contributed by atoms with Crippen LogP contribution in [0.2, 0.25) is 0 Å². The van der Waals surface area contributed by atoms with Gasteiger partial charge in [0.15, 0.2) is 17.5 Å². The molecule has 0 saturated heterocycles. The molecule has 0 spiro atoms. The van der Waals surface area contributed by atoms with E-state index in [-0.39, 0.29) is 0 Å². The van der Waals surface area contributed by atoms with E-state index in [0.717, 1.165) is 38.8 Å². The van der Waals surface area contributed by atoms with Crippen LogP contribution in [0.25, 0.3) is 94.3 Å². The summed E-state index contributed by atoms with van der Waals surface area (Å²) in [5, 5.41) is 7.20. The Hall–Kier alpha value is -6.91. The summed E-state index contributed by atoms with van der Waals surface area (Å²) in [7, 11) is 0. The van der Waals surface area contributed by atoms with Gasteiger partial charge >= 0.3 is 0 Å². The van der Waals surface area contributed by atoms with Crippen LogP contribution >= 0.6 is 0 Å². The molecule has 4 nitrogen and oxygen atoms in total. The molecule has 51 heavy (non-hydrogen) atoms. The Bertz CT molecular complexity index is 2900. The van der Waals surface area contributed by atoms with E-state index in [1.807, 2.05) is 18.2 Å². The highest BCUT2D eigenvalue weighted by molar-refractivity contribution is 6.10. The average molecular weight is 651 g/mol. The first-order valence-corrected chi connectivity index (χ1v) is 17.2. The van der Waals surface area contributed by atoms with E-state index in [1.54, 1.807) is 0 Å². The summed E-state index contributed by atoms with van der Waals surface area (Å²) < 4.78 is 2.32. The highest BCUT2D eigenvalue weighted by Crippen LogP contribution is 2.36. The maximum absolute atomic E-state index is 5.14. The van der Waals surface area contributed by atoms with E-state index in [9.17, 15) is 0 Å². The number of rotatable bonds is 5. The molecule has 0 aliphatic carbocycles. The fourth-order valence-electron chi connectivity index (χ4n) is 7.34. The molecule has 0 N–H and O–H groups in total. The molecule has 0 saturated carbocycles. The lowest BCUT2D eigenvalue weighted by molar-refractivity contribution is 1.07. The Balaban J connectivity index is 1.12. The van der Waals surface area contributed by atoms with Crippen molar-refractivity contribution >= 4 is 43.4 Å². The Morgan fingerprint density at radius 1 is 0.314 bits per heavy atom. The summed E-state index contributed by atoms with van der Waals surface area (Å²) in [6.07, 6.45) is 0. The summed E-state index contributed by atoms with van der Waals surface area (Å²) in [6, 6.07) is 64.0. The van der Waals surface area contributed by atoms with Gasteiger partial charge in [-0.3, -0.25) is 0 Å². The zero-order valence-corrected chi connectivity index (χ0v) is 27.6. The van der Waals surface area contributed by atoms with E-state index in [4.69, 9.17) is 15.0 Å². The Kier molecular flexibility index (Phi) is 6.78. The van der Waals surface area contributed by atoms with Crippen molar-refractivity contribution < 1.29 is 0 Å². The summed E-state index contributed by atoms with van der Waals surface area (Å²) in [5.41, 5.74) is 8.64. The number of aromatic nitrogens is 4. The van der Waals surface area contributed by atoms with Gasteiger partial charge in [0.05, 0.1) is 11.0 Å². The molecule has 0 unspecified atom stereocenters. The monoisotopic (exact) mass is 650 g/mol. The molecule has 0 aliphatic heterocycles. The topological polar surface area (TPSA) is 43.6 Å². The molecular formula is C47H30N4. The van der Waals surface area contributed by atoms with E-state index in [0.29, 0.717) is 17.5 Å². The lowest BCUT2D eigenvalue weighted by atomic mass is 9.96. The summed E-state index contributed by atoms with van der Waals surface area (Å²) in [5.74, 6) is 1.92. The van der Waals surface area contributed by atoms with Crippen molar-refractivity contribution in [3.05, 3.63) is 182 Å². The molecule has 0 aliphatic rings. The van der Waals surface area contributed by atoms with Crippen molar-refractivity contribution in [1.29, 1.82) is 0 Å². The predicted molar refractivity (Wildman–Crippen MR) is 211 cm³/mol. The SMILES string of the molecule is c1ccc(-c2nc(-c3ccc4cc(-c5cccc6ccccc56)ccc4c3)nc(-c3ccc4c5ccccc5n(-c5ccccc5)c4c3)n2)cc1. The van der Waals surface area contributed by atoms with Crippen LogP contribution in [0.1, 0.15) is 0 Å². The number of para-hydroxylation sites is 2. The van der Waals surface area contributed by atoms with Crippen molar-refractivity contribution in [2.75, 3.05) is 0 Å². The van der Waals surface area contributed by atoms with E-state index >= 15 is 0 Å². The van der Waals surface area contributed by atoms with E-state index < -0.39 is 0 Å². The molecular weight excluding hydrogens is 621 g/mol. The minimum atomic E-state index is 0.636. The van der Waals surface area contributed by atoms with Gasteiger partial charge in [-0.05, 0) is 69.1 Å². The number of hydrogen-bond acceptors (Lipinski definition) is 3. The smallest absolute Gasteiger partial charge is 0.164 e. The van der Waals surface area contributed by atoms with Gasteiger partial charge in [-0.25, -0.2) is 15.0 Å². The van der Waals surface area contributed by atoms with Crippen molar-refractivity contribution in [3.63, 3.8) is 0 Å². The molecule has 10 aromatic rings. The summed E-state index contributed by atoms with van der Waals surface area (Å²) in [6.45, 7) is 0. The van der Waals surface area contributed by atoms with Crippen LogP contribution in [-0.2, 0) is 0 Å². The van der Waals surface area contributed by atoms with Gasteiger partial charge in [-0.2, -0.15) is 0 Å². The molecule has 0 amide bonds. The van der Waals surface area contributed by atoms with Gasteiger partial charge < -0.3 is 4.57 Å². The maximum Gasteiger partial charge on any atom is 0.164 e. The number of hydrogen-bond donors (Lipinski definition) is 0. The molecule has 0 fully saturated rings. The third kappa shape index (κ3) is 5.04. The summed E-state index contributed by atoms with van der Waals surface area (Å²) in [4.78, 5) is 15.2. The van der Waals surface area contributed by atoms with Crippen LogP contribution in [0.5, 0.6) is 0 Å². The predicted octanol–water partition coefficient (Wildman–Crippen LogP) is 11.9. The highest BCUT2D eigenvalue weighted by Gasteiger charge is 2.17. The fourth-order valence-corrected chi connectivity index (χ4v) is 7.34. The Morgan fingerprint density at radius 3 is 1.65 bits per heavy atom.